The Morgan fingerprint density at radius 2 is 2.00 bits per heavy atom. The second-order valence-corrected chi connectivity index (χ2v) is 5.23. The van der Waals surface area contributed by atoms with Crippen molar-refractivity contribution in [2.75, 3.05) is 19.6 Å². The lowest BCUT2D eigenvalue weighted by Crippen LogP contribution is -2.40. The van der Waals surface area contributed by atoms with E-state index in [1.807, 2.05) is 0 Å². The largest absolute Gasteiger partial charge is 0.387 e. The molecule has 1 atom stereocenters. The molecule has 2 rings (SSSR count). The summed E-state index contributed by atoms with van der Waals surface area (Å²) in [5, 5.41) is 18.9. The van der Waals surface area contributed by atoms with Crippen molar-refractivity contribution in [1.29, 1.82) is 5.26 Å². The number of benzene rings is 1. The minimum atomic E-state index is -0.576. The van der Waals surface area contributed by atoms with Gasteiger partial charge in [0.05, 0.1) is 17.7 Å². The lowest BCUT2D eigenvalue weighted by molar-refractivity contribution is -0.123. The molecule has 1 saturated heterocycles. The van der Waals surface area contributed by atoms with E-state index in [1.54, 1.807) is 24.3 Å². The Labute approximate surface area is 118 Å². The SMILES string of the molecule is N#Cc1ccc(C(O)CN2CCC(C(N)=O)CC2)cc1. The molecule has 1 amide bonds. The van der Waals surface area contributed by atoms with Crippen LogP contribution < -0.4 is 5.73 Å². The Morgan fingerprint density at radius 1 is 1.40 bits per heavy atom. The Hall–Kier alpha value is -1.90. The normalized spacial score (nSPS) is 18.4. The number of nitrogens with zero attached hydrogens (tertiary/aromatic N) is 2. The highest BCUT2D eigenvalue weighted by Gasteiger charge is 2.24. The number of carbonyl (C=O) groups is 1. The molecule has 0 radical (unpaired) electrons. The number of nitriles is 1. The molecule has 0 saturated carbocycles. The van der Waals surface area contributed by atoms with Crippen molar-refractivity contribution in [3.8, 4) is 6.07 Å². The van der Waals surface area contributed by atoms with E-state index in [1.165, 1.54) is 0 Å². The molecule has 0 aromatic heterocycles. The molecule has 1 aromatic carbocycles. The maximum Gasteiger partial charge on any atom is 0.220 e. The van der Waals surface area contributed by atoms with Crippen LogP contribution in [0.15, 0.2) is 24.3 Å². The third-order valence-electron chi connectivity index (χ3n) is 3.85. The van der Waals surface area contributed by atoms with E-state index in [4.69, 9.17) is 11.0 Å². The number of likely N-dealkylation sites (tertiary alicyclic amines) is 1. The highest BCUT2D eigenvalue weighted by Crippen LogP contribution is 2.20. The van der Waals surface area contributed by atoms with E-state index in [2.05, 4.69) is 11.0 Å². The molecule has 0 aliphatic carbocycles. The number of hydrogen-bond donors (Lipinski definition) is 2. The first-order valence-corrected chi connectivity index (χ1v) is 6.80. The molecule has 3 N–H and O–H groups in total. The lowest BCUT2D eigenvalue weighted by Gasteiger charge is -2.31. The average molecular weight is 273 g/mol. The van der Waals surface area contributed by atoms with Gasteiger partial charge < -0.3 is 15.7 Å². The van der Waals surface area contributed by atoms with Gasteiger partial charge in [0.2, 0.25) is 5.91 Å². The van der Waals surface area contributed by atoms with Gasteiger partial charge in [-0.25, -0.2) is 0 Å². The first-order valence-electron chi connectivity index (χ1n) is 6.80. The standard InChI is InChI=1S/C15H19N3O2/c16-9-11-1-3-12(4-2-11)14(19)10-18-7-5-13(6-8-18)15(17)20/h1-4,13-14,19H,5-8,10H2,(H2,17,20). The van der Waals surface area contributed by atoms with Crippen LogP contribution in [0, 0.1) is 17.2 Å². The van der Waals surface area contributed by atoms with Crippen molar-refractivity contribution in [2.24, 2.45) is 11.7 Å². The fourth-order valence-electron chi connectivity index (χ4n) is 2.53. The predicted molar refractivity (Wildman–Crippen MR) is 74.5 cm³/mol. The summed E-state index contributed by atoms with van der Waals surface area (Å²) >= 11 is 0. The number of amides is 1. The summed E-state index contributed by atoms with van der Waals surface area (Å²) in [7, 11) is 0. The topological polar surface area (TPSA) is 90.3 Å². The van der Waals surface area contributed by atoms with Crippen molar-refractivity contribution in [3.63, 3.8) is 0 Å². The molecule has 0 spiro atoms. The van der Waals surface area contributed by atoms with Crippen molar-refractivity contribution >= 4 is 5.91 Å². The van der Waals surface area contributed by atoms with Crippen LogP contribution in [0.2, 0.25) is 0 Å². The Bertz CT molecular complexity index is 499. The van der Waals surface area contributed by atoms with Gasteiger partial charge in [0, 0.05) is 12.5 Å². The van der Waals surface area contributed by atoms with Gasteiger partial charge in [0.1, 0.15) is 0 Å². The smallest absolute Gasteiger partial charge is 0.220 e. The molecular formula is C15H19N3O2. The molecular weight excluding hydrogens is 254 g/mol. The fourth-order valence-corrected chi connectivity index (χ4v) is 2.53. The molecule has 0 bridgehead atoms. The summed E-state index contributed by atoms with van der Waals surface area (Å²) in [4.78, 5) is 13.2. The monoisotopic (exact) mass is 273 g/mol. The van der Waals surface area contributed by atoms with Crippen LogP contribution in [0.1, 0.15) is 30.1 Å². The lowest BCUT2D eigenvalue weighted by atomic mass is 9.95. The van der Waals surface area contributed by atoms with Gasteiger partial charge >= 0.3 is 0 Å². The van der Waals surface area contributed by atoms with Crippen molar-refractivity contribution in [3.05, 3.63) is 35.4 Å². The Morgan fingerprint density at radius 3 is 2.50 bits per heavy atom. The second kappa shape index (κ2) is 6.51. The number of β-amino-alcohol motifs (C(OH)–C–C–N with tert-alkyl or cyclic N) is 1. The maximum atomic E-state index is 11.1. The van der Waals surface area contributed by atoms with E-state index in [0.717, 1.165) is 31.5 Å². The zero-order valence-electron chi connectivity index (χ0n) is 11.3. The molecule has 1 aromatic rings. The number of primary amides is 1. The summed E-state index contributed by atoms with van der Waals surface area (Å²) in [6.07, 6.45) is 0.943. The number of piperidine rings is 1. The predicted octanol–water partition coefficient (Wildman–Crippen LogP) is 0.789. The number of nitrogens with two attached hydrogens (primary N) is 1. The van der Waals surface area contributed by atoms with Crippen LogP contribution in [-0.4, -0.2) is 35.5 Å². The third-order valence-corrected chi connectivity index (χ3v) is 3.85. The van der Waals surface area contributed by atoms with Gasteiger partial charge in [0.25, 0.3) is 0 Å². The molecule has 1 fully saturated rings. The first kappa shape index (κ1) is 14.5. The quantitative estimate of drug-likeness (QED) is 0.848. The summed E-state index contributed by atoms with van der Waals surface area (Å²) in [6, 6.07) is 9.02. The van der Waals surface area contributed by atoms with Crippen LogP contribution in [0.25, 0.3) is 0 Å². The van der Waals surface area contributed by atoms with E-state index in [0.29, 0.717) is 12.1 Å². The third kappa shape index (κ3) is 3.56. The average Bonchev–Trinajstić information content (AvgIpc) is 2.48. The molecule has 1 aliphatic rings. The summed E-state index contributed by atoms with van der Waals surface area (Å²) in [5.41, 5.74) is 6.69. The van der Waals surface area contributed by atoms with Crippen LogP contribution in [0.3, 0.4) is 0 Å². The van der Waals surface area contributed by atoms with E-state index >= 15 is 0 Å². The van der Waals surface area contributed by atoms with E-state index in [-0.39, 0.29) is 11.8 Å². The number of rotatable bonds is 4. The molecule has 20 heavy (non-hydrogen) atoms. The van der Waals surface area contributed by atoms with Crippen molar-refractivity contribution in [2.45, 2.75) is 18.9 Å². The first-order chi connectivity index (χ1) is 9.60. The zero-order valence-corrected chi connectivity index (χ0v) is 11.3. The second-order valence-electron chi connectivity index (χ2n) is 5.23. The molecule has 5 nitrogen and oxygen atoms in total. The summed E-state index contributed by atoms with van der Waals surface area (Å²) in [6.45, 7) is 2.10. The van der Waals surface area contributed by atoms with Crippen LogP contribution in [0.5, 0.6) is 0 Å². The zero-order chi connectivity index (χ0) is 14.5. The van der Waals surface area contributed by atoms with Gasteiger partial charge in [-0.2, -0.15) is 5.26 Å². The number of carbonyl (C=O) groups excluding carboxylic acids is 1. The van der Waals surface area contributed by atoms with Gasteiger partial charge in [-0.15, -0.1) is 0 Å². The van der Waals surface area contributed by atoms with Gasteiger partial charge in [-0.05, 0) is 43.6 Å². The number of aliphatic hydroxyl groups is 1. The highest BCUT2D eigenvalue weighted by atomic mass is 16.3. The summed E-state index contributed by atoms with van der Waals surface area (Å²) in [5.74, 6) is -0.254. The minimum Gasteiger partial charge on any atom is -0.387 e. The maximum absolute atomic E-state index is 11.1. The molecule has 1 unspecified atom stereocenters. The molecule has 1 aliphatic heterocycles. The Balaban J connectivity index is 1.87. The fraction of sp³-hybridized carbons (Fsp3) is 0.467. The van der Waals surface area contributed by atoms with E-state index < -0.39 is 6.10 Å². The van der Waals surface area contributed by atoms with Gasteiger partial charge in [-0.1, -0.05) is 12.1 Å². The van der Waals surface area contributed by atoms with Crippen molar-refractivity contribution in [1.82, 2.24) is 4.90 Å². The van der Waals surface area contributed by atoms with Gasteiger partial charge in [0.15, 0.2) is 0 Å². The van der Waals surface area contributed by atoms with Gasteiger partial charge in [-0.3, -0.25) is 4.79 Å². The Kier molecular flexibility index (Phi) is 4.72. The highest BCUT2D eigenvalue weighted by molar-refractivity contribution is 5.76. The molecule has 1 heterocycles. The number of aliphatic hydroxyl groups excluding tert-OH is 1. The summed E-state index contributed by atoms with van der Waals surface area (Å²) < 4.78 is 0. The van der Waals surface area contributed by atoms with E-state index in [9.17, 15) is 9.90 Å². The minimum absolute atomic E-state index is 0.0293. The number of hydrogen-bond acceptors (Lipinski definition) is 4. The molecule has 5 heteroatoms. The van der Waals surface area contributed by atoms with Crippen LogP contribution in [0.4, 0.5) is 0 Å². The van der Waals surface area contributed by atoms with Crippen LogP contribution in [-0.2, 0) is 4.79 Å². The molecule has 106 valence electrons. The van der Waals surface area contributed by atoms with Crippen LogP contribution >= 0.6 is 0 Å². The van der Waals surface area contributed by atoms with Crippen molar-refractivity contribution < 1.29 is 9.90 Å².